The van der Waals surface area contributed by atoms with Crippen LogP contribution in [0.15, 0.2) is 16.3 Å². The van der Waals surface area contributed by atoms with E-state index in [-0.39, 0.29) is 5.06 Å². The first-order valence-electron chi connectivity index (χ1n) is 2.91. The second kappa shape index (κ2) is 2.26. The highest BCUT2D eigenvalue weighted by atomic mass is 32.1. The maximum Gasteiger partial charge on any atom is 0.224 e. The molecular formula is C5H4N4OS. The molecule has 0 spiro atoms. The Bertz CT molecular complexity index is 326. The van der Waals surface area contributed by atoms with Crippen LogP contribution in [0.3, 0.4) is 0 Å². The number of thiol groups is 1. The van der Waals surface area contributed by atoms with E-state index in [0.29, 0.717) is 16.5 Å². The van der Waals surface area contributed by atoms with Crippen LogP contribution in [0, 0.1) is 5.21 Å². The van der Waals surface area contributed by atoms with Gasteiger partial charge in [0.2, 0.25) is 11.5 Å². The molecule has 0 bridgehead atoms. The number of aromatic nitrogens is 2. The minimum absolute atomic E-state index is 0.175. The standard InChI is InChI=1S/C5H4N4OS/c10-9-2-8-4-3(9)5(11)7-1-6-4/h1-2,9H,(H,6,7,11). The molecule has 6 heteroatoms. The molecule has 0 fully saturated rings. The highest BCUT2D eigenvalue weighted by Gasteiger charge is 2.19. The lowest BCUT2D eigenvalue weighted by atomic mass is 10.5. The summed E-state index contributed by atoms with van der Waals surface area (Å²) >= 11 is 4.00. The minimum Gasteiger partial charge on any atom is -0.623 e. The molecule has 5 nitrogen and oxygen atoms in total. The number of hydrogen-bond donors (Lipinski definition) is 2. The SMILES string of the molecule is [O-][NH+]1C=Nc2ncnc(S)c21. The van der Waals surface area contributed by atoms with Crippen molar-refractivity contribution in [3.63, 3.8) is 0 Å². The molecule has 11 heavy (non-hydrogen) atoms. The number of hydrogen-bond acceptors (Lipinski definition) is 5. The smallest absolute Gasteiger partial charge is 0.224 e. The minimum atomic E-state index is -0.175. The van der Waals surface area contributed by atoms with E-state index in [4.69, 9.17) is 0 Å². The van der Waals surface area contributed by atoms with Gasteiger partial charge in [-0.15, -0.1) is 12.6 Å². The van der Waals surface area contributed by atoms with Gasteiger partial charge in [-0.3, -0.25) is 5.06 Å². The summed E-state index contributed by atoms with van der Waals surface area (Å²) in [5.74, 6) is 0.412. The van der Waals surface area contributed by atoms with Crippen molar-refractivity contribution in [2.75, 3.05) is 0 Å². The van der Waals surface area contributed by atoms with Gasteiger partial charge in [0.1, 0.15) is 6.33 Å². The van der Waals surface area contributed by atoms with Gasteiger partial charge in [0.05, 0.1) is 0 Å². The molecule has 1 aromatic heterocycles. The monoisotopic (exact) mass is 168 g/mol. The van der Waals surface area contributed by atoms with E-state index in [1.54, 1.807) is 0 Å². The van der Waals surface area contributed by atoms with Crippen LogP contribution in [0.2, 0.25) is 0 Å². The number of aliphatic imine (C=N–C) groups is 1. The van der Waals surface area contributed by atoms with Crippen molar-refractivity contribution < 1.29 is 5.06 Å². The maximum atomic E-state index is 11.0. The molecule has 2 rings (SSSR count). The lowest BCUT2D eigenvalue weighted by molar-refractivity contribution is -0.657. The molecule has 2 heterocycles. The molecule has 0 aromatic carbocycles. The lowest BCUT2D eigenvalue weighted by Gasteiger charge is -2.10. The number of hydroxylamine groups is 1. The van der Waals surface area contributed by atoms with Crippen LogP contribution in [0.1, 0.15) is 0 Å². The van der Waals surface area contributed by atoms with Gasteiger partial charge in [-0.05, 0) is 0 Å². The van der Waals surface area contributed by atoms with Crippen molar-refractivity contribution >= 4 is 30.5 Å². The molecule has 1 aliphatic heterocycles. The molecule has 1 atom stereocenters. The van der Waals surface area contributed by atoms with E-state index >= 15 is 0 Å². The Kier molecular flexibility index (Phi) is 1.38. The Morgan fingerprint density at radius 3 is 3.00 bits per heavy atom. The summed E-state index contributed by atoms with van der Waals surface area (Å²) in [5.41, 5.74) is 0.399. The van der Waals surface area contributed by atoms with Crippen LogP contribution in [-0.2, 0) is 0 Å². The lowest BCUT2D eigenvalue weighted by Crippen LogP contribution is -2.99. The van der Waals surface area contributed by atoms with Crippen molar-refractivity contribution in [1.82, 2.24) is 9.97 Å². The average molecular weight is 168 g/mol. The predicted octanol–water partition coefficient (Wildman–Crippen LogP) is -0.547. The zero-order chi connectivity index (χ0) is 7.84. The number of nitrogens with zero attached hydrogens (tertiary/aromatic N) is 3. The van der Waals surface area contributed by atoms with Gasteiger partial charge in [-0.2, -0.15) is 4.99 Å². The van der Waals surface area contributed by atoms with Crippen LogP contribution in [0.25, 0.3) is 0 Å². The molecule has 1 aromatic rings. The zero-order valence-electron chi connectivity index (χ0n) is 5.35. The van der Waals surface area contributed by atoms with Crippen molar-refractivity contribution in [3.8, 4) is 0 Å². The summed E-state index contributed by atoms with van der Waals surface area (Å²) in [7, 11) is 0. The Labute approximate surface area is 67.8 Å². The second-order valence-electron chi connectivity index (χ2n) is 2.02. The van der Waals surface area contributed by atoms with E-state index < -0.39 is 0 Å². The highest BCUT2D eigenvalue weighted by molar-refractivity contribution is 7.80. The summed E-state index contributed by atoms with van der Waals surface area (Å²) in [4.78, 5) is 11.3. The van der Waals surface area contributed by atoms with Crippen molar-refractivity contribution in [2.24, 2.45) is 4.99 Å². The summed E-state index contributed by atoms with van der Waals surface area (Å²) in [5, 5.41) is 11.2. The molecule has 0 radical (unpaired) electrons. The van der Waals surface area contributed by atoms with Crippen LogP contribution >= 0.6 is 12.6 Å². The maximum absolute atomic E-state index is 11.0. The fourth-order valence-corrected chi connectivity index (χ4v) is 1.13. The first-order chi connectivity index (χ1) is 5.29. The predicted molar refractivity (Wildman–Crippen MR) is 41.4 cm³/mol. The third kappa shape index (κ3) is 0.917. The van der Waals surface area contributed by atoms with Gasteiger partial charge >= 0.3 is 0 Å². The van der Waals surface area contributed by atoms with Gasteiger partial charge in [0, 0.05) is 0 Å². The number of fused-ring (bicyclic) bond motifs is 1. The van der Waals surface area contributed by atoms with E-state index in [1.807, 2.05) is 0 Å². The Balaban J connectivity index is 2.65. The Hall–Kier alpha value is -0.980. The Morgan fingerprint density at radius 2 is 2.27 bits per heavy atom. The molecule has 0 aliphatic carbocycles. The highest BCUT2D eigenvalue weighted by Crippen LogP contribution is 2.24. The molecule has 1 aliphatic rings. The summed E-state index contributed by atoms with van der Waals surface area (Å²) in [6.45, 7) is 0. The number of nitrogens with one attached hydrogen (secondary N) is 1. The molecular weight excluding hydrogens is 164 g/mol. The van der Waals surface area contributed by atoms with Crippen molar-refractivity contribution in [2.45, 2.75) is 5.03 Å². The third-order valence-electron chi connectivity index (χ3n) is 1.36. The fourth-order valence-electron chi connectivity index (χ4n) is 0.870. The van der Waals surface area contributed by atoms with Crippen LogP contribution in [0.5, 0.6) is 0 Å². The first kappa shape index (κ1) is 6.71. The van der Waals surface area contributed by atoms with Crippen LogP contribution in [-0.4, -0.2) is 16.3 Å². The summed E-state index contributed by atoms with van der Waals surface area (Å²) in [6, 6.07) is 0. The number of rotatable bonds is 0. The van der Waals surface area contributed by atoms with Gasteiger partial charge < -0.3 is 5.21 Å². The van der Waals surface area contributed by atoms with E-state index in [2.05, 4.69) is 27.6 Å². The van der Waals surface area contributed by atoms with Gasteiger partial charge in [0.25, 0.3) is 0 Å². The van der Waals surface area contributed by atoms with Crippen molar-refractivity contribution in [1.29, 1.82) is 0 Å². The molecule has 1 N–H and O–H groups in total. The largest absolute Gasteiger partial charge is 0.623 e. The first-order valence-corrected chi connectivity index (χ1v) is 3.36. The average Bonchev–Trinajstić information content (AvgIpc) is 2.34. The van der Waals surface area contributed by atoms with Gasteiger partial charge in [0.15, 0.2) is 11.4 Å². The van der Waals surface area contributed by atoms with E-state index in [1.165, 1.54) is 12.7 Å². The quantitative estimate of drug-likeness (QED) is 0.310. The van der Waals surface area contributed by atoms with Gasteiger partial charge in [-0.1, -0.05) is 0 Å². The molecule has 0 saturated carbocycles. The summed E-state index contributed by atoms with van der Waals surface area (Å²) < 4.78 is 0. The normalized spacial score (nSPS) is 20.4. The number of quaternary nitrogens is 1. The van der Waals surface area contributed by atoms with E-state index in [0.717, 1.165) is 0 Å². The molecule has 0 saturated heterocycles. The van der Waals surface area contributed by atoms with Crippen LogP contribution < -0.4 is 5.06 Å². The Morgan fingerprint density at radius 1 is 1.45 bits per heavy atom. The third-order valence-corrected chi connectivity index (χ3v) is 1.70. The second-order valence-corrected chi connectivity index (χ2v) is 2.44. The van der Waals surface area contributed by atoms with Gasteiger partial charge in [-0.25, -0.2) is 9.97 Å². The van der Waals surface area contributed by atoms with Crippen LogP contribution in [0.4, 0.5) is 11.5 Å². The van der Waals surface area contributed by atoms with Crippen molar-refractivity contribution in [3.05, 3.63) is 11.5 Å². The molecule has 56 valence electrons. The molecule has 1 unspecified atom stereocenters. The summed E-state index contributed by atoms with van der Waals surface area (Å²) in [6.07, 6.45) is 2.55. The zero-order valence-corrected chi connectivity index (χ0v) is 6.25. The topological polar surface area (TPSA) is 65.6 Å². The molecule has 0 amide bonds. The fraction of sp³-hybridized carbons (Fsp3) is 0. The van der Waals surface area contributed by atoms with E-state index in [9.17, 15) is 5.21 Å².